The normalized spacial score (nSPS) is 10.1. The molecule has 0 fully saturated rings. The van der Waals surface area contributed by atoms with E-state index in [4.69, 9.17) is 5.11 Å². The summed E-state index contributed by atoms with van der Waals surface area (Å²) in [5, 5.41) is 14.2. The predicted molar refractivity (Wildman–Crippen MR) is 80.5 cm³/mol. The maximum absolute atomic E-state index is 11.8. The van der Waals surface area contributed by atoms with Crippen molar-refractivity contribution < 1.29 is 14.7 Å². The number of hydrogen-bond donors (Lipinski definition) is 3. The average Bonchev–Trinajstić information content (AvgIpc) is 2.81. The molecule has 110 valence electrons. The number of aryl methyl sites for hydroxylation is 1. The van der Waals surface area contributed by atoms with Gasteiger partial charge in [-0.15, -0.1) is 11.3 Å². The number of benzene rings is 1. The molecule has 0 aliphatic heterocycles. The highest BCUT2D eigenvalue weighted by Crippen LogP contribution is 2.13. The minimum absolute atomic E-state index is 0.0722. The van der Waals surface area contributed by atoms with Crippen LogP contribution in [0.3, 0.4) is 0 Å². The lowest BCUT2D eigenvalue weighted by atomic mass is 10.1. The number of carbonyl (C=O) groups is 2. The number of aromatic nitrogens is 1. The van der Waals surface area contributed by atoms with E-state index in [9.17, 15) is 9.59 Å². The van der Waals surface area contributed by atoms with Gasteiger partial charge in [0.25, 0.3) is 0 Å². The van der Waals surface area contributed by atoms with E-state index in [-0.39, 0.29) is 12.5 Å². The van der Waals surface area contributed by atoms with Crippen molar-refractivity contribution in [3.63, 3.8) is 0 Å². The molecule has 0 spiro atoms. The molecule has 2 rings (SSSR count). The number of anilines is 1. The third kappa shape index (κ3) is 4.57. The number of hydrogen-bond acceptors (Lipinski definition) is 4. The summed E-state index contributed by atoms with van der Waals surface area (Å²) in [6.45, 7) is 2.30. The van der Waals surface area contributed by atoms with E-state index >= 15 is 0 Å². The first kappa shape index (κ1) is 15.0. The van der Waals surface area contributed by atoms with Crippen LogP contribution in [0, 0.1) is 6.92 Å². The van der Waals surface area contributed by atoms with Crippen LogP contribution in [0.15, 0.2) is 29.8 Å². The number of urea groups is 1. The SMILES string of the molecule is Cc1ncsc1CNC(=O)Nc1cccc(CC(=O)O)c1. The number of rotatable bonds is 5. The van der Waals surface area contributed by atoms with E-state index in [0.717, 1.165) is 10.6 Å². The van der Waals surface area contributed by atoms with E-state index in [2.05, 4.69) is 15.6 Å². The molecule has 21 heavy (non-hydrogen) atoms. The molecule has 2 amide bonds. The Morgan fingerprint density at radius 1 is 1.38 bits per heavy atom. The Morgan fingerprint density at radius 3 is 2.86 bits per heavy atom. The minimum atomic E-state index is -0.905. The van der Waals surface area contributed by atoms with Crippen LogP contribution in [0.5, 0.6) is 0 Å². The van der Waals surface area contributed by atoms with Crippen LogP contribution >= 0.6 is 11.3 Å². The fraction of sp³-hybridized carbons (Fsp3) is 0.214. The van der Waals surface area contributed by atoms with Gasteiger partial charge >= 0.3 is 12.0 Å². The summed E-state index contributed by atoms with van der Waals surface area (Å²) in [4.78, 5) is 27.6. The molecule has 0 saturated carbocycles. The predicted octanol–water partition coefficient (Wildman–Crippen LogP) is 2.40. The number of thiazole rings is 1. The van der Waals surface area contributed by atoms with Crippen molar-refractivity contribution in [3.05, 3.63) is 45.9 Å². The molecule has 0 saturated heterocycles. The van der Waals surface area contributed by atoms with Gasteiger partial charge < -0.3 is 15.7 Å². The molecule has 1 aromatic carbocycles. The molecule has 1 aromatic heterocycles. The number of nitrogens with one attached hydrogen (secondary N) is 2. The maximum Gasteiger partial charge on any atom is 0.319 e. The Morgan fingerprint density at radius 2 is 2.19 bits per heavy atom. The number of carboxylic acid groups (broad SMARTS) is 1. The molecular formula is C14H15N3O3S. The van der Waals surface area contributed by atoms with Gasteiger partial charge in [0.05, 0.1) is 24.2 Å². The molecule has 0 bridgehead atoms. The van der Waals surface area contributed by atoms with E-state index in [0.29, 0.717) is 17.8 Å². The summed E-state index contributed by atoms with van der Waals surface area (Å²) in [6, 6.07) is 6.43. The van der Waals surface area contributed by atoms with Crippen LogP contribution in [0.1, 0.15) is 16.1 Å². The quantitative estimate of drug-likeness (QED) is 0.791. The van der Waals surface area contributed by atoms with Gasteiger partial charge in [-0.1, -0.05) is 12.1 Å². The second-order valence-electron chi connectivity index (χ2n) is 4.44. The zero-order valence-corrected chi connectivity index (χ0v) is 12.2. The van der Waals surface area contributed by atoms with E-state index < -0.39 is 5.97 Å². The van der Waals surface area contributed by atoms with Gasteiger partial charge in [0, 0.05) is 10.6 Å². The van der Waals surface area contributed by atoms with Crippen LogP contribution in [0.2, 0.25) is 0 Å². The first-order chi connectivity index (χ1) is 10.0. The van der Waals surface area contributed by atoms with Crippen molar-refractivity contribution in [2.45, 2.75) is 19.9 Å². The Labute approximate surface area is 125 Å². The number of carboxylic acids is 1. The monoisotopic (exact) mass is 305 g/mol. The summed E-state index contributed by atoms with van der Waals surface area (Å²) in [6.07, 6.45) is -0.0722. The summed E-state index contributed by atoms with van der Waals surface area (Å²) < 4.78 is 0. The Kier molecular flexibility index (Phi) is 4.89. The van der Waals surface area contributed by atoms with Gasteiger partial charge in [-0.2, -0.15) is 0 Å². The Balaban J connectivity index is 1.90. The lowest BCUT2D eigenvalue weighted by Crippen LogP contribution is -2.28. The summed E-state index contributed by atoms with van der Waals surface area (Å²) >= 11 is 1.49. The molecule has 6 nitrogen and oxygen atoms in total. The van der Waals surface area contributed by atoms with Crippen molar-refractivity contribution in [2.75, 3.05) is 5.32 Å². The van der Waals surface area contributed by atoms with Crippen molar-refractivity contribution in [2.24, 2.45) is 0 Å². The third-order valence-electron chi connectivity index (χ3n) is 2.79. The maximum atomic E-state index is 11.8. The Hall–Kier alpha value is -2.41. The lowest BCUT2D eigenvalue weighted by molar-refractivity contribution is -0.136. The number of carbonyl (C=O) groups excluding carboxylic acids is 1. The summed E-state index contributed by atoms with van der Waals surface area (Å²) in [7, 11) is 0. The number of nitrogens with zero attached hydrogens (tertiary/aromatic N) is 1. The summed E-state index contributed by atoms with van der Waals surface area (Å²) in [5.41, 5.74) is 3.84. The second kappa shape index (κ2) is 6.85. The molecule has 3 N–H and O–H groups in total. The first-order valence-electron chi connectivity index (χ1n) is 6.29. The molecule has 0 aliphatic carbocycles. The fourth-order valence-electron chi connectivity index (χ4n) is 1.77. The number of aliphatic carboxylic acids is 1. The highest BCUT2D eigenvalue weighted by molar-refractivity contribution is 7.09. The lowest BCUT2D eigenvalue weighted by Gasteiger charge is -2.08. The summed E-state index contributed by atoms with van der Waals surface area (Å²) in [5.74, 6) is -0.905. The first-order valence-corrected chi connectivity index (χ1v) is 7.17. The van der Waals surface area contributed by atoms with Gasteiger partial charge in [0.2, 0.25) is 0 Å². The fourth-order valence-corrected chi connectivity index (χ4v) is 2.48. The van der Waals surface area contributed by atoms with Gasteiger partial charge in [-0.25, -0.2) is 9.78 Å². The van der Waals surface area contributed by atoms with Crippen molar-refractivity contribution in [3.8, 4) is 0 Å². The molecular weight excluding hydrogens is 290 g/mol. The molecule has 0 atom stereocenters. The van der Waals surface area contributed by atoms with Crippen molar-refractivity contribution in [1.29, 1.82) is 0 Å². The zero-order chi connectivity index (χ0) is 15.2. The van der Waals surface area contributed by atoms with Gasteiger partial charge in [-0.05, 0) is 24.6 Å². The zero-order valence-electron chi connectivity index (χ0n) is 11.4. The molecule has 0 radical (unpaired) electrons. The van der Waals surface area contributed by atoms with E-state index in [1.807, 2.05) is 6.92 Å². The van der Waals surface area contributed by atoms with Crippen LogP contribution in [0.25, 0.3) is 0 Å². The van der Waals surface area contributed by atoms with Crippen LogP contribution in [-0.2, 0) is 17.8 Å². The molecule has 1 heterocycles. The molecule has 0 aliphatic rings. The number of amides is 2. The van der Waals surface area contributed by atoms with E-state index in [1.54, 1.807) is 29.8 Å². The van der Waals surface area contributed by atoms with Crippen molar-refractivity contribution in [1.82, 2.24) is 10.3 Å². The Bertz CT molecular complexity index is 654. The van der Waals surface area contributed by atoms with Gasteiger partial charge in [0.1, 0.15) is 0 Å². The highest BCUT2D eigenvalue weighted by Gasteiger charge is 2.06. The third-order valence-corrected chi connectivity index (χ3v) is 3.73. The standard InChI is InChI=1S/C14H15N3O3S/c1-9-12(21-8-16-9)7-15-14(20)17-11-4-2-3-10(5-11)6-13(18)19/h2-5,8H,6-7H2,1H3,(H,18,19)(H2,15,17,20). The van der Waals surface area contributed by atoms with E-state index in [1.165, 1.54) is 11.3 Å². The smallest absolute Gasteiger partial charge is 0.319 e. The van der Waals surface area contributed by atoms with Crippen LogP contribution in [-0.4, -0.2) is 22.1 Å². The van der Waals surface area contributed by atoms with Gasteiger partial charge in [0.15, 0.2) is 0 Å². The highest BCUT2D eigenvalue weighted by atomic mass is 32.1. The van der Waals surface area contributed by atoms with Crippen LogP contribution < -0.4 is 10.6 Å². The average molecular weight is 305 g/mol. The minimum Gasteiger partial charge on any atom is -0.481 e. The van der Waals surface area contributed by atoms with Crippen LogP contribution in [0.4, 0.5) is 10.5 Å². The molecule has 7 heteroatoms. The molecule has 0 unspecified atom stereocenters. The molecule has 2 aromatic rings. The second-order valence-corrected chi connectivity index (χ2v) is 5.38. The van der Waals surface area contributed by atoms with Gasteiger partial charge in [-0.3, -0.25) is 4.79 Å². The largest absolute Gasteiger partial charge is 0.481 e. The van der Waals surface area contributed by atoms with Crippen molar-refractivity contribution >= 4 is 29.0 Å². The topological polar surface area (TPSA) is 91.3 Å².